The molecule has 146 valence electrons. The van der Waals surface area contributed by atoms with E-state index in [9.17, 15) is 8.42 Å². The van der Waals surface area contributed by atoms with Crippen LogP contribution in [0.4, 0.5) is 0 Å². The molecule has 0 bridgehead atoms. The standard InChI is InChI=1S/C23H20N2O3S/c1-16-8-7-11-18(14-16)23-22(19-12-5-6-13-20(19)29(24,26)27)25-21(28-23)15-17-9-3-2-4-10-17/h2-14H,15H2,1H3,(H2,24,26,27). The van der Waals surface area contributed by atoms with Crippen LogP contribution in [0.3, 0.4) is 0 Å². The number of aromatic nitrogens is 1. The van der Waals surface area contributed by atoms with E-state index >= 15 is 0 Å². The molecule has 0 aliphatic heterocycles. The third kappa shape index (κ3) is 4.13. The summed E-state index contributed by atoms with van der Waals surface area (Å²) in [4.78, 5) is 4.69. The lowest BCUT2D eigenvalue weighted by Crippen LogP contribution is -2.13. The maximum atomic E-state index is 12.1. The molecule has 29 heavy (non-hydrogen) atoms. The highest BCUT2D eigenvalue weighted by atomic mass is 32.2. The van der Waals surface area contributed by atoms with Gasteiger partial charge in [0.15, 0.2) is 11.7 Å². The van der Waals surface area contributed by atoms with E-state index < -0.39 is 10.0 Å². The predicted octanol–water partition coefficient (Wildman–Crippen LogP) is 4.56. The van der Waals surface area contributed by atoms with Crippen LogP contribution in [0, 0.1) is 6.92 Å². The van der Waals surface area contributed by atoms with Gasteiger partial charge in [-0.25, -0.2) is 18.5 Å². The third-order valence-electron chi connectivity index (χ3n) is 4.60. The molecule has 0 atom stereocenters. The highest BCUT2D eigenvalue weighted by Gasteiger charge is 2.23. The maximum Gasteiger partial charge on any atom is 0.238 e. The molecule has 0 unspecified atom stereocenters. The van der Waals surface area contributed by atoms with E-state index in [4.69, 9.17) is 9.56 Å². The van der Waals surface area contributed by atoms with Crippen molar-refractivity contribution < 1.29 is 12.8 Å². The second-order valence-electron chi connectivity index (χ2n) is 6.86. The van der Waals surface area contributed by atoms with Gasteiger partial charge < -0.3 is 4.42 Å². The fourth-order valence-electron chi connectivity index (χ4n) is 3.29. The summed E-state index contributed by atoms with van der Waals surface area (Å²) in [6.45, 7) is 1.99. The van der Waals surface area contributed by atoms with Crippen molar-refractivity contribution in [3.8, 4) is 22.6 Å². The van der Waals surface area contributed by atoms with Gasteiger partial charge in [0.2, 0.25) is 10.0 Å². The summed E-state index contributed by atoms with van der Waals surface area (Å²) in [5.41, 5.74) is 3.83. The van der Waals surface area contributed by atoms with Crippen LogP contribution in [0.25, 0.3) is 22.6 Å². The number of oxazole rings is 1. The fourth-order valence-corrected chi connectivity index (χ4v) is 4.02. The average molecular weight is 404 g/mol. The summed E-state index contributed by atoms with van der Waals surface area (Å²) < 4.78 is 30.4. The zero-order chi connectivity index (χ0) is 20.4. The van der Waals surface area contributed by atoms with Crippen molar-refractivity contribution in [2.45, 2.75) is 18.2 Å². The Kier molecular flexibility index (Phi) is 5.05. The number of nitrogens with two attached hydrogens (primary N) is 1. The number of sulfonamides is 1. The molecule has 0 fully saturated rings. The molecule has 1 aromatic heterocycles. The van der Waals surface area contributed by atoms with E-state index in [-0.39, 0.29) is 4.90 Å². The number of hydrogen-bond donors (Lipinski definition) is 1. The highest BCUT2D eigenvalue weighted by molar-refractivity contribution is 7.89. The summed E-state index contributed by atoms with van der Waals surface area (Å²) >= 11 is 0. The molecule has 0 radical (unpaired) electrons. The van der Waals surface area contributed by atoms with Crippen LogP contribution in [0.15, 0.2) is 88.2 Å². The first kappa shape index (κ1) is 19.1. The van der Waals surface area contributed by atoms with Gasteiger partial charge in [-0.1, -0.05) is 72.3 Å². The third-order valence-corrected chi connectivity index (χ3v) is 5.57. The monoisotopic (exact) mass is 404 g/mol. The van der Waals surface area contributed by atoms with Gasteiger partial charge in [0.1, 0.15) is 5.69 Å². The van der Waals surface area contributed by atoms with Crippen molar-refractivity contribution in [3.63, 3.8) is 0 Å². The molecule has 0 amide bonds. The molecule has 3 aromatic carbocycles. The molecule has 0 aliphatic carbocycles. The van der Waals surface area contributed by atoms with Gasteiger partial charge in [-0.05, 0) is 24.6 Å². The average Bonchev–Trinajstić information content (AvgIpc) is 3.12. The second kappa shape index (κ2) is 7.66. The molecule has 0 spiro atoms. The highest BCUT2D eigenvalue weighted by Crippen LogP contribution is 2.36. The van der Waals surface area contributed by atoms with E-state index in [1.165, 1.54) is 6.07 Å². The van der Waals surface area contributed by atoms with Crippen molar-refractivity contribution >= 4 is 10.0 Å². The zero-order valence-corrected chi connectivity index (χ0v) is 16.7. The van der Waals surface area contributed by atoms with Crippen LogP contribution in [-0.2, 0) is 16.4 Å². The van der Waals surface area contributed by atoms with Gasteiger partial charge in [0.05, 0.1) is 4.90 Å². The molecule has 0 aliphatic rings. The van der Waals surface area contributed by atoms with Crippen molar-refractivity contribution in [3.05, 3.63) is 95.9 Å². The van der Waals surface area contributed by atoms with Crippen molar-refractivity contribution in [2.24, 2.45) is 5.14 Å². The smallest absolute Gasteiger partial charge is 0.238 e. The molecular formula is C23H20N2O3S. The minimum absolute atomic E-state index is 0.0217. The SMILES string of the molecule is Cc1cccc(-c2oc(Cc3ccccc3)nc2-c2ccccc2S(N)(=O)=O)c1. The second-order valence-corrected chi connectivity index (χ2v) is 8.39. The summed E-state index contributed by atoms with van der Waals surface area (Å²) in [5.74, 6) is 1.03. The fraction of sp³-hybridized carbons (Fsp3) is 0.0870. The number of aryl methyl sites for hydroxylation is 1. The Hall–Kier alpha value is -3.22. The van der Waals surface area contributed by atoms with E-state index in [1.54, 1.807) is 18.2 Å². The Balaban J connectivity index is 1.91. The van der Waals surface area contributed by atoms with Crippen LogP contribution < -0.4 is 5.14 Å². The first-order valence-electron chi connectivity index (χ1n) is 9.15. The first-order chi connectivity index (χ1) is 13.9. The Bertz CT molecular complexity index is 1260. The Morgan fingerprint density at radius 1 is 0.931 bits per heavy atom. The molecule has 0 saturated heterocycles. The van der Waals surface area contributed by atoms with E-state index in [0.29, 0.717) is 29.3 Å². The normalized spacial score (nSPS) is 11.5. The Morgan fingerprint density at radius 2 is 1.66 bits per heavy atom. The Labute approximate surface area is 169 Å². The van der Waals surface area contributed by atoms with Gasteiger partial charge in [0.25, 0.3) is 0 Å². The quantitative estimate of drug-likeness (QED) is 0.528. The number of rotatable bonds is 5. The van der Waals surface area contributed by atoms with Gasteiger partial charge in [0, 0.05) is 17.5 Å². The van der Waals surface area contributed by atoms with Crippen molar-refractivity contribution in [1.82, 2.24) is 4.98 Å². The topological polar surface area (TPSA) is 86.2 Å². The van der Waals surface area contributed by atoms with Crippen LogP contribution >= 0.6 is 0 Å². The number of hydrogen-bond acceptors (Lipinski definition) is 4. The van der Waals surface area contributed by atoms with Crippen LogP contribution in [0.5, 0.6) is 0 Å². The number of nitrogens with zero attached hydrogens (tertiary/aromatic N) is 1. The molecular weight excluding hydrogens is 384 g/mol. The van der Waals surface area contributed by atoms with Gasteiger partial charge >= 0.3 is 0 Å². The molecule has 5 nitrogen and oxygen atoms in total. The Morgan fingerprint density at radius 3 is 2.38 bits per heavy atom. The van der Waals surface area contributed by atoms with E-state index in [2.05, 4.69) is 4.98 Å². The summed E-state index contributed by atoms with van der Waals surface area (Å²) in [6.07, 6.45) is 0.497. The van der Waals surface area contributed by atoms with Gasteiger partial charge in [-0.15, -0.1) is 0 Å². The first-order valence-corrected chi connectivity index (χ1v) is 10.7. The summed E-state index contributed by atoms with van der Waals surface area (Å²) in [7, 11) is -3.92. The van der Waals surface area contributed by atoms with Gasteiger partial charge in [-0.2, -0.15) is 0 Å². The van der Waals surface area contributed by atoms with Crippen LogP contribution in [0.2, 0.25) is 0 Å². The molecule has 6 heteroatoms. The van der Waals surface area contributed by atoms with Crippen molar-refractivity contribution in [1.29, 1.82) is 0 Å². The zero-order valence-electron chi connectivity index (χ0n) is 15.9. The van der Waals surface area contributed by atoms with Crippen LogP contribution in [-0.4, -0.2) is 13.4 Å². The molecule has 4 rings (SSSR count). The lowest BCUT2D eigenvalue weighted by atomic mass is 10.0. The molecule has 1 heterocycles. The summed E-state index contributed by atoms with van der Waals surface area (Å²) in [5, 5.41) is 5.45. The molecule has 4 aromatic rings. The maximum absolute atomic E-state index is 12.1. The minimum atomic E-state index is -3.92. The van der Waals surface area contributed by atoms with Crippen molar-refractivity contribution in [2.75, 3.05) is 0 Å². The molecule has 2 N–H and O–H groups in total. The van der Waals surface area contributed by atoms with E-state index in [0.717, 1.165) is 16.7 Å². The van der Waals surface area contributed by atoms with E-state index in [1.807, 2.05) is 61.5 Å². The number of primary sulfonamides is 1. The minimum Gasteiger partial charge on any atom is -0.440 e. The van der Waals surface area contributed by atoms with Gasteiger partial charge in [-0.3, -0.25) is 0 Å². The molecule has 0 saturated carbocycles. The van der Waals surface area contributed by atoms with Crippen LogP contribution in [0.1, 0.15) is 17.0 Å². The lowest BCUT2D eigenvalue weighted by Gasteiger charge is -2.07. The number of benzene rings is 3. The largest absolute Gasteiger partial charge is 0.440 e. The summed E-state index contributed by atoms with van der Waals surface area (Å²) in [6, 6.07) is 24.2. The predicted molar refractivity (Wildman–Crippen MR) is 113 cm³/mol. The lowest BCUT2D eigenvalue weighted by molar-refractivity contribution is 0.519.